The Morgan fingerprint density at radius 2 is 1.74 bits per heavy atom. The molecule has 9 heteroatoms. The number of carbonyl (C=O) groups excluding carboxylic acids is 3. The van der Waals surface area contributed by atoms with Gasteiger partial charge in [-0.05, 0) is 98.9 Å². The van der Waals surface area contributed by atoms with Crippen LogP contribution in [0.5, 0.6) is 11.5 Å². The summed E-state index contributed by atoms with van der Waals surface area (Å²) in [6.07, 6.45) is 2.43. The van der Waals surface area contributed by atoms with Gasteiger partial charge in [0, 0.05) is 13.1 Å². The van der Waals surface area contributed by atoms with Gasteiger partial charge in [-0.1, -0.05) is 66.7 Å². The summed E-state index contributed by atoms with van der Waals surface area (Å²) in [5.41, 5.74) is 4.10. The summed E-state index contributed by atoms with van der Waals surface area (Å²) < 4.78 is 13.0. The van der Waals surface area contributed by atoms with Crippen molar-refractivity contribution in [3.05, 3.63) is 110 Å². The SMILES string of the molecule is CCOc1cc(/C=C2/SC(=O)N(CC(=O)N3CCc4ccccc4C3)C2=O)cc(I)c1OCc1cccc2ccccc12. The van der Waals surface area contributed by atoms with Crippen LogP contribution in [0.3, 0.4) is 0 Å². The molecule has 43 heavy (non-hydrogen) atoms. The van der Waals surface area contributed by atoms with Gasteiger partial charge in [0.05, 0.1) is 15.1 Å². The molecule has 0 saturated carbocycles. The number of nitrogens with zero attached hydrogens (tertiary/aromatic N) is 2. The molecule has 0 aromatic heterocycles. The zero-order valence-corrected chi connectivity index (χ0v) is 26.5. The van der Waals surface area contributed by atoms with E-state index in [1.165, 1.54) is 5.56 Å². The fraction of sp³-hybridized carbons (Fsp3) is 0.206. The summed E-state index contributed by atoms with van der Waals surface area (Å²) in [7, 11) is 0. The molecule has 0 radical (unpaired) electrons. The van der Waals surface area contributed by atoms with Crippen LogP contribution in [0, 0.1) is 3.57 Å². The lowest BCUT2D eigenvalue weighted by Crippen LogP contribution is -2.44. The zero-order valence-electron chi connectivity index (χ0n) is 23.5. The lowest BCUT2D eigenvalue weighted by atomic mass is 10.00. The van der Waals surface area contributed by atoms with E-state index < -0.39 is 11.1 Å². The van der Waals surface area contributed by atoms with Crippen molar-refractivity contribution in [2.24, 2.45) is 0 Å². The van der Waals surface area contributed by atoms with Gasteiger partial charge in [0.15, 0.2) is 11.5 Å². The zero-order chi connectivity index (χ0) is 29.9. The van der Waals surface area contributed by atoms with Crippen LogP contribution in [0.2, 0.25) is 0 Å². The maximum Gasteiger partial charge on any atom is 0.294 e. The van der Waals surface area contributed by atoms with E-state index in [2.05, 4.69) is 52.9 Å². The summed E-state index contributed by atoms with van der Waals surface area (Å²) in [4.78, 5) is 42.2. The molecular weight excluding hydrogens is 675 g/mol. The maximum atomic E-state index is 13.3. The van der Waals surface area contributed by atoms with Gasteiger partial charge in [-0.3, -0.25) is 19.3 Å². The topological polar surface area (TPSA) is 76.2 Å². The van der Waals surface area contributed by atoms with Gasteiger partial charge in [0.25, 0.3) is 11.1 Å². The molecule has 7 nitrogen and oxygen atoms in total. The standard InChI is InChI=1S/C34H29IN2O5S/c1-2-41-29-17-22(16-28(35)32(29)42-21-26-12-7-11-24-9-5-6-13-27(24)26)18-30-33(39)37(34(40)43-30)20-31(38)36-15-14-23-8-3-4-10-25(23)19-36/h3-13,16-18H,2,14-15,19-21H2,1H3/b30-18+. The fourth-order valence-corrected chi connectivity index (χ4v) is 6.99. The van der Waals surface area contributed by atoms with E-state index in [0.717, 1.165) is 48.6 Å². The minimum Gasteiger partial charge on any atom is -0.490 e. The van der Waals surface area contributed by atoms with Gasteiger partial charge in [-0.15, -0.1) is 0 Å². The van der Waals surface area contributed by atoms with E-state index in [-0.39, 0.29) is 17.4 Å². The van der Waals surface area contributed by atoms with Crippen LogP contribution in [-0.2, 0) is 29.2 Å². The predicted molar refractivity (Wildman–Crippen MR) is 177 cm³/mol. The average Bonchev–Trinajstić information content (AvgIpc) is 3.27. The second-order valence-electron chi connectivity index (χ2n) is 10.3. The van der Waals surface area contributed by atoms with Gasteiger partial charge < -0.3 is 14.4 Å². The molecule has 0 unspecified atom stereocenters. The van der Waals surface area contributed by atoms with Crippen molar-refractivity contribution >= 4 is 68.3 Å². The molecule has 2 aliphatic heterocycles. The molecule has 0 N–H and O–H groups in total. The molecule has 1 saturated heterocycles. The van der Waals surface area contributed by atoms with Crippen LogP contribution in [0.4, 0.5) is 4.79 Å². The first-order valence-corrected chi connectivity index (χ1v) is 16.0. The first-order chi connectivity index (χ1) is 20.9. The summed E-state index contributed by atoms with van der Waals surface area (Å²) in [6, 6.07) is 26.1. The Hall–Kier alpha value is -3.83. The number of hydrogen-bond donors (Lipinski definition) is 0. The second kappa shape index (κ2) is 12.8. The number of thioether (sulfide) groups is 1. The molecule has 0 atom stereocenters. The second-order valence-corrected chi connectivity index (χ2v) is 12.4. The van der Waals surface area contributed by atoms with E-state index in [1.807, 2.05) is 55.5 Å². The number of halogens is 1. The van der Waals surface area contributed by atoms with Crippen molar-refractivity contribution in [3.63, 3.8) is 0 Å². The largest absolute Gasteiger partial charge is 0.490 e. The van der Waals surface area contributed by atoms with Crippen molar-refractivity contribution in [2.75, 3.05) is 19.7 Å². The first-order valence-electron chi connectivity index (χ1n) is 14.1. The van der Waals surface area contributed by atoms with Gasteiger partial charge in [0.1, 0.15) is 13.2 Å². The molecule has 3 amide bonds. The van der Waals surface area contributed by atoms with Crippen molar-refractivity contribution < 1.29 is 23.9 Å². The molecular formula is C34H29IN2O5S. The minimum atomic E-state index is -0.468. The van der Waals surface area contributed by atoms with E-state index in [0.29, 0.717) is 43.4 Å². The quantitative estimate of drug-likeness (QED) is 0.145. The summed E-state index contributed by atoms with van der Waals surface area (Å²) in [5.74, 6) is 0.471. The van der Waals surface area contributed by atoms with Gasteiger partial charge in [-0.25, -0.2) is 0 Å². The molecule has 218 valence electrons. The molecule has 2 aliphatic rings. The number of fused-ring (bicyclic) bond motifs is 2. The van der Waals surface area contributed by atoms with E-state index in [1.54, 1.807) is 11.0 Å². The van der Waals surface area contributed by atoms with Crippen LogP contribution in [0.25, 0.3) is 16.8 Å². The van der Waals surface area contributed by atoms with Gasteiger partial charge in [0.2, 0.25) is 5.91 Å². The molecule has 1 fully saturated rings. The highest BCUT2D eigenvalue weighted by atomic mass is 127. The maximum absolute atomic E-state index is 13.3. The Labute approximate surface area is 268 Å². The number of amides is 3. The Morgan fingerprint density at radius 1 is 0.977 bits per heavy atom. The third-order valence-corrected chi connectivity index (χ3v) is 9.24. The average molecular weight is 705 g/mol. The number of imide groups is 1. The highest BCUT2D eigenvalue weighted by Gasteiger charge is 2.37. The molecule has 0 bridgehead atoms. The number of hydrogen-bond acceptors (Lipinski definition) is 6. The highest BCUT2D eigenvalue weighted by molar-refractivity contribution is 14.1. The fourth-order valence-electron chi connectivity index (χ4n) is 5.37. The Morgan fingerprint density at radius 3 is 2.58 bits per heavy atom. The third-order valence-electron chi connectivity index (χ3n) is 7.53. The molecule has 4 aromatic rings. The van der Waals surface area contributed by atoms with Crippen LogP contribution < -0.4 is 9.47 Å². The van der Waals surface area contributed by atoms with Crippen molar-refractivity contribution in [2.45, 2.75) is 26.5 Å². The first kappa shape index (κ1) is 29.3. The van der Waals surface area contributed by atoms with E-state index >= 15 is 0 Å². The molecule has 0 spiro atoms. The number of rotatable bonds is 8. The lowest BCUT2D eigenvalue weighted by molar-refractivity contribution is -0.136. The normalized spacial score (nSPS) is 15.7. The van der Waals surface area contributed by atoms with E-state index in [9.17, 15) is 14.4 Å². The van der Waals surface area contributed by atoms with Crippen molar-refractivity contribution in [3.8, 4) is 11.5 Å². The van der Waals surface area contributed by atoms with Crippen LogP contribution in [0.1, 0.15) is 29.2 Å². The Bertz CT molecular complexity index is 1770. The van der Waals surface area contributed by atoms with Gasteiger partial charge >= 0.3 is 0 Å². The molecule has 2 heterocycles. The van der Waals surface area contributed by atoms with Crippen molar-refractivity contribution in [1.29, 1.82) is 0 Å². The number of ether oxygens (including phenoxy) is 2. The lowest BCUT2D eigenvalue weighted by Gasteiger charge is -2.29. The van der Waals surface area contributed by atoms with Crippen LogP contribution in [-0.4, -0.2) is 46.5 Å². The van der Waals surface area contributed by atoms with Crippen LogP contribution >= 0.6 is 34.4 Å². The molecule has 4 aromatic carbocycles. The van der Waals surface area contributed by atoms with Crippen LogP contribution in [0.15, 0.2) is 83.8 Å². The Kier molecular flexibility index (Phi) is 8.71. The number of carbonyl (C=O) groups is 3. The summed E-state index contributed by atoms with van der Waals surface area (Å²) in [5, 5.41) is 1.83. The van der Waals surface area contributed by atoms with Gasteiger partial charge in [-0.2, -0.15) is 0 Å². The third kappa shape index (κ3) is 6.28. The minimum absolute atomic E-state index is 0.237. The smallest absolute Gasteiger partial charge is 0.294 e. The van der Waals surface area contributed by atoms with E-state index in [4.69, 9.17) is 9.47 Å². The molecule has 6 rings (SSSR count). The predicted octanol–water partition coefficient (Wildman–Crippen LogP) is 7.04. The summed E-state index contributed by atoms with van der Waals surface area (Å²) >= 11 is 3.04. The monoisotopic (exact) mass is 704 g/mol. The Balaban J connectivity index is 1.17. The number of benzene rings is 4. The highest BCUT2D eigenvalue weighted by Crippen LogP contribution is 2.38. The molecule has 0 aliphatic carbocycles. The van der Waals surface area contributed by atoms with Crippen molar-refractivity contribution in [1.82, 2.24) is 9.80 Å². The summed E-state index contributed by atoms with van der Waals surface area (Å²) in [6.45, 7) is 3.48.